The molecule has 0 nitrogen and oxygen atoms in total. The molecule has 2 rings (SSSR count). The van der Waals surface area contributed by atoms with Crippen molar-refractivity contribution >= 4 is 0 Å². The summed E-state index contributed by atoms with van der Waals surface area (Å²) in [6, 6.07) is 0. The molecule has 0 aliphatic heterocycles. The van der Waals surface area contributed by atoms with Crippen LogP contribution in [0.1, 0.15) is 80.6 Å². The van der Waals surface area contributed by atoms with Gasteiger partial charge in [-0.05, 0) is 59.7 Å². The molecule has 0 spiro atoms. The molecule has 2 aliphatic rings. The van der Waals surface area contributed by atoms with Gasteiger partial charge < -0.3 is 0 Å². The molecule has 2 aliphatic carbocycles. The highest BCUT2D eigenvalue weighted by Crippen LogP contribution is 2.63. The van der Waals surface area contributed by atoms with E-state index >= 15 is 0 Å². The lowest BCUT2D eigenvalue weighted by molar-refractivity contribution is 0.0781. The Hall–Kier alpha value is 0. The van der Waals surface area contributed by atoms with Gasteiger partial charge in [-0.1, -0.05) is 54.9 Å². The largest absolute Gasteiger partial charge is 0.0625 e. The molecular weight excluding hydrogens is 216 g/mol. The Morgan fingerprint density at radius 3 is 2.00 bits per heavy atom. The highest BCUT2D eigenvalue weighted by atomic mass is 14.6. The monoisotopic (exact) mass is 250 g/mol. The van der Waals surface area contributed by atoms with E-state index in [1.807, 2.05) is 0 Å². The molecular formula is C18H34. The van der Waals surface area contributed by atoms with Crippen LogP contribution in [-0.4, -0.2) is 0 Å². The molecule has 2 fully saturated rings. The normalized spacial score (nSPS) is 47.2. The van der Waals surface area contributed by atoms with Gasteiger partial charge in [0, 0.05) is 0 Å². The second kappa shape index (κ2) is 4.25. The van der Waals surface area contributed by atoms with Crippen LogP contribution < -0.4 is 0 Å². The predicted molar refractivity (Wildman–Crippen MR) is 80.6 cm³/mol. The average molecular weight is 250 g/mol. The van der Waals surface area contributed by atoms with Crippen molar-refractivity contribution < 1.29 is 0 Å². The molecule has 0 saturated heterocycles. The van der Waals surface area contributed by atoms with E-state index in [1.54, 1.807) is 0 Å². The molecule has 0 heterocycles. The standard InChI is InChI=1S/C18H34/c1-13-8-9-14(2)18(7)11-15(16(3,4)10-13)17(5,6)12-18/h13-15H,8-12H2,1-7H3. The van der Waals surface area contributed by atoms with Crippen LogP contribution >= 0.6 is 0 Å². The fourth-order valence-corrected chi connectivity index (χ4v) is 5.71. The first kappa shape index (κ1) is 14.4. The minimum atomic E-state index is 0.519. The summed E-state index contributed by atoms with van der Waals surface area (Å²) in [6.45, 7) is 17.7. The van der Waals surface area contributed by atoms with E-state index in [9.17, 15) is 0 Å². The summed E-state index contributed by atoms with van der Waals surface area (Å²) in [4.78, 5) is 0. The maximum atomic E-state index is 2.57. The quantitative estimate of drug-likeness (QED) is 0.501. The molecule has 0 N–H and O–H groups in total. The third-order valence-electron chi connectivity index (χ3n) is 6.57. The van der Waals surface area contributed by atoms with Gasteiger partial charge in [0.15, 0.2) is 0 Å². The maximum Gasteiger partial charge on any atom is -0.0292 e. The minimum absolute atomic E-state index is 0.519. The van der Waals surface area contributed by atoms with E-state index in [1.165, 1.54) is 32.1 Å². The topological polar surface area (TPSA) is 0 Å². The van der Waals surface area contributed by atoms with Gasteiger partial charge in [-0.25, -0.2) is 0 Å². The van der Waals surface area contributed by atoms with Crippen LogP contribution in [0.3, 0.4) is 0 Å². The predicted octanol–water partition coefficient (Wildman–Crippen LogP) is 5.91. The van der Waals surface area contributed by atoms with Crippen LogP contribution in [0, 0.1) is 34.0 Å². The number of hydrogen-bond donors (Lipinski definition) is 0. The molecule has 0 radical (unpaired) electrons. The number of fused-ring (bicyclic) bond motifs is 2. The fraction of sp³-hybridized carbons (Fsp3) is 1.00. The number of rotatable bonds is 0. The minimum Gasteiger partial charge on any atom is -0.0625 e. The zero-order valence-electron chi connectivity index (χ0n) is 13.8. The Balaban J connectivity index is 2.37. The van der Waals surface area contributed by atoms with Crippen LogP contribution in [0.5, 0.6) is 0 Å². The molecule has 4 atom stereocenters. The van der Waals surface area contributed by atoms with Gasteiger partial charge in [0.25, 0.3) is 0 Å². The SMILES string of the molecule is CC1CCC(C)C2(C)CC(C(C)(C)C1)C(C)(C)C2. The van der Waals surface area contributed by atoms with Gasteiger partial charge in [0.2, 0.25) is 0 Å². The Labute approximate surface area is 115 Å². The molecule has 0 heteroatoms. The zero-order valence-corrected chi connectivity index (χ0v) is 13.8. The Kier molecular flexibility index (Phi) is 3.40. The summed E-state index contributed by atoms with van der Waals surface area (Å²) in [5.41, 5.74) is 1.64. The molecule has 106 valence electrons. The van der Waals surface area contributed by atoms with Crippen molar-refractivity contribution in [1.82, 2.24) is 0 Å². The van der Waals surface area contributed by atoms with Crippen molar-refractivity contribution in [2.45, 2.75) is 80.6 Å². The highest BCUT2D eigenvalue weighted by Gasteiger charge is 2.54. The van der Waals surface area contributed by atoms with Gasteiger partial charge in [-0.15, -0.1) is 0 Å². The second-order valence-electron chi connectivity index (χ2n) is 9.35. The molecule has 0 aromatic rings. The molecule has 4 unspecified atom stereocenters. The van der Waals surface area contributed by atoms with Crippen LogP contribution in [-0.2, 0) is 0 Å². The van der Waals surface area contributed by atoms with Crippen molar-refractivity contribution in [3.63, 3.8) is 0 Å². The number of hydrogen-bond acceptors (Lipinski definition) is 0. The van der Waals surface area contributed by atoms with Crippen LogP contribution in [0.25, 0.3) is 0 Å². The first-order valence-corrected chi connectivity index (χ1v) is 8.07. The van der Waals surface area contributed by atoms with Crippen molar-refractivity contribution in [2.75, 3.05) is 0 Å². The van der Waals surface area contributed by atoms with Crippen LogP contribution in [0.15, 0.2) is 0 Å². The lowest BCUT2D eigenvalue weighted by Crippen LogP contribution is -2.33. The molecule has 18 heavy (non-hydrogen) atoms. The smallest absolute Gasteiger partial charge is 0.0292 e. The van der Waals surface area contributed by atoms with Gasteiger partial charge in [-0.3, -0.25) is 0 Å². The van der Waals surface area contributed by atoms with Crippen molar-refractivity contribution in [2.24, 2.45) is 34.0 Å². The molecule has 2 saturated carbocycles. The lowest BCUT2D eigenvalue weighted by atomic mass is 9.63. The maximum absolute atomic E-state index is 2.57. The van der Waals surface area contributed by atoms with E-state index in [0.717, 1.165) is 17.8 Å². The Morgan fingerprint density at radius 2 is 1.39 bits per heavy atom. The summed E-state index contributed by atoms with van der Waals surface area (Å²) >= 11 is 0. The van der Waals surface area contributed by atoms with E-state index in [0.29, 0.717) is 16.2 Å². The van der Waals surface area contributed by atoms with Gasteiger partial charge in [0.1, 0.15) is 0 Å². The van der Waals surface area contributed by atoms with Crippen molar-refractivity contribution in [3.05, 3.63) is 0 Å². The first-order chi connectivity index (χ1) is 8.07. The third kappa shape index (κ3) is 2.37. The molecule has 2 bridgehead atoms. The first-order valence-electron chi connectivity index (χ1n) is 8.07. The van der Waals surface area contributed by atoms with E-state index in [2.05, 4.69) is 48.5 Å². The van der Waals surface area contributed by atoms with E-state index in [4.69, 9.17) is 0 Å². The summed E-state index contributed by atoms with van der Waals surface area (Å²) in [5.74, 6) is 2.71. The fourth-order valence-electron chi connectivity index (χ4n) is 5.71. The third-order valence-corrected chi connectivity index (χ3v) is 6.57. The van der Waals surface area contributed by atoms with Crippen molar-refractivity contribution in [1.29, 1.82) is 0 Å². The summed E-state index contributed by atoms with van der Waals surface area (Å²) in [7, 11) is 0. The summed E-state index contributed by atoms with van der Waals surface area (Å²) in [5, 5.41) is 0. The summed E-state index contributed by atoms with van der Waals surface area (Å²) in [6.07, 6.45) is 7.19. The van der Waals surface area contributed by atoms with Crippen molar-refractivity contribution in [3.8, 4) is 0 Å². The van der Waals surface area contributed by atoms with Crippen LogP contribution in [0.2, 0.25) is 0 Å². The zero-order chi connectivity index (χ0) is 13.8. The van der Waals surface area contributed by atoms with Gasteiger partial charge in [0.05, 0.1) is 0 Å². The van der Waals surface area contributed by atoms with Crippen LogP contribution in [0.4, 0.5) is 0 Å². The highest BCUT2D eigenvalue weighted by molar-refractivity contribution is 5.04. The van der Waals surface area contributed by atoms with E-state index in [-0.39, 0.29) is 0 Å². The Bertz CT molecular complexity index is 312. The summed E-state index contributed by atoms with van der Waals surface area (Å²) < 4.78 is 0. The molecule has 0 amide bonds. The van der Waals surface area contributed by atoms with E-state index < -0.39 is 0 Å². The average Bonchev–Trinajstić information content (AvgIpc) is 2.46. The molecule has 0 aromatic carbocycles. The Morgan fingerprint density at radius 1 is 0.778 bits per heavy atom. The van der Waals surface area contributed by atoms with Gasteiger partial charge >= 0.3 is 0 Å². The van der Waals surface area contributed by atoms with Gasteiger partial charge in [-0.2, -0.15) is 0 Å². The molecule has 0 aromatic heterocycles. The second-order valence-corrected chi connectivity index (χ2v) is 9.35. The lowest BCUT2D eigenvalue weighted by Gasteiger charge is -2.42.